The zero-order valence-electron chi connectivity index (χ0n) is 12.0. The Morgan fingerprint density at radius 1 is 1.29 bits per heavy atom. The molecular formula is C12H17N5O3S. The number of rotatable bonds is 6. The van der Waals surface area contributed by atoms with Gasteiger partial charge in [-0.1, -0.05) is 0 Å². The van der Waals surface area contributed by atoms with E-state index in [2.05, 4.69) is 20.2 Å². The van der Waals surface area contributed by atoms with Crippen molar-refractivity contribution in [1.82, 2.24) is 24.9 Å². The summed E-state index contributed by atoms with van der Waals surface area (Å²) in [5, 5.41) is 11.2. The lowest BCUT2D eigenvalue weighted by Crippen LogP contribution is -2.25. The van der Waals surface area contributed by atoms with E-state index in [1.165, 1.54) is 19.2 Å². The standard InChI is InChI=1S/C12H17N5O3S/c1-9(2)17-12(14-15-16-17)8-13-21(18,19)11-6-4-10(20-3)5-7-11/h4-7,9,13H,8H2,1-3H3. The van der Waals surface area contributed by atoms with Crippen molar-refractivity contribution >= 4 is 10.0 Å². The number of hydrogen-bond acceptors (Lipinski definition) is 6. The van der Waals surface area contributed by atoms with Crippen LogP contribution in [0.1, 0.15) is 25.7 Å². The van der Waals surface area contributed by atoms with Gasteiger partial charge < -0.3 is 4.74 Å². The average Bonchev–Trinajstić information content (AvgIpc) is 2.94. The van der Waals surface area contributed by atoms with E-state index in [0.717, 1.165) is 0 Å². The average molecular weight is 311 g/mol. The number of ether oxygens (including phenoxy) is 1. The fourth-order valence-electron chi connectivity index (χ4n) is 1.73. The van der Waals surface area contributed by atoms with E-state index in [0.29, 0.717) is 11.6 Å². The van der Waals surface area contributed by atoms with Gasteiger partial charge in [-0.05, 0) is 48.5 Å². The van der Waals surface area contributed by atoms with Gasteiger partial charge in [0.2, 0.25) is 10.0 Å². The molecule has 0 aliphatic rings. The summed E-state index contributed by atoms with van der Waals surface area (Å²) in [6.07, 6.45) is 0. The largest absolute Gasteiger partial charge is 0.497 e. The molecule has 0 fully saturated rings. The molecule has 1 heterocycles. The van der Waals surface area contributed by atoms with Gasteiger partial charge in [0.05, 0.1) is 24.6 Å². The zero-order valence-corrected chi connectivity index (χ0v) is 12.8. The fraction of sp³-hybridized carbons (Fsp3) is 0.417. The van der Waals surface area contributed by atoms with Crippen LogP contribution < -0.4 is 9.46 Å². The first-order chi connectivity index (χ1) is 9.94. The zero-order chi connectivity index (χ0) is 15.5. The molecule has 0 atom stereocenters. The Kier molecular flexibility index (Phi) is 4.53. The lowest BCUT2D eigenvalue weighted by Gasteiger charge is -2.09. The van der Waals surface area contributed by atoms with Gasteiger partial charge in [-0.25, -0.2) is 17.8 Å². The summed E-state index contributed by atoms with van der Waals surface area (Å²) in [7, 11) is -2.10. The first-order valence-corrected chi connectivity index (χ1v) is 7.83. The summed E-state index contributed by atoms with van der Waals surface area (Å²) in [6, 6.07) is 6.19. The van der Waals surface area contributed by atoms with Crippen molar-refractivity contribution in [3.8, 4) is 5.75 Å². The molecule has 0 amide bonds. The van der Waals surface area contributed by atoms with E-state index in [1.807, 2.05) is 13.8 Å². The Labute approximate surface area is 123 Å². The molecule has 0 aliphatic heterocycles. The van der Waals surface area contributed by atoms with Crippen molar-refractivity contribution in [2.75, 3.05) is 7.11 Å². The third kappa shape index (κ3) is 3.56. The number of nitrogens with one attached hydrogen (secondary N) is 1. The summed E-state index contributed by atoms with van der Waals surface area (Å²) in [5.74, 6) is 1.06. The molecule has 0 spiro atoms. The Bertz CT molecular complexity index is 694. The summed E-state index contributed by atoms with van der Waals surface area (Å²) in [5.41, 5.74) is 0. The first kappa shape index (κ1) is 15.4. The van der Waals surface area contributed by atoms with Crippen LogP contribution in [-0.2, 0) is 16.6 Å². The molecule has 2 aromatic rings. The van der Waals surface area contributed by atoms with Gasteiger partial charge in [0.15, 0.2) is 5.82 Å². The number of nitrogens with zero attached hydrogens (tertiary/aromatic N) is 4. The van der Waals surface area contributed by atoms with Crippen LogP contribution in [0.5, 0.6) is 5.75 Å². The predicted molar refractivity (Wildman–Crippen MR) is 75.2 cm³/mol. The molecule has 21 heavy (non-hydrogen) atoms. The fourth-order valence-corrected chi connectivity index (χ4v) is 2.71. The molecular weight excluding hydrogens is 294 g/mol. The van der Waals surface area contributed by atoms with Gasteiger partial charge >= 0.3 is 0 Å². The van der Waals surface area contributed by atoms with Gasteiger partial charge in [0.25, 0.3) is 0 Å². The molecule has 1 aromatic heterocycles. The van der Waals surface area contributed by atoms with Crippen LogP contribution in [0, 0.1) is 0 Å². The minimum Gasteiger partial charge on any atom is -0.497 e. The summed E-state index contributed by atoms with van der Waals surface area (Å²) < 4.78 is 33.4. The molecule has 1 N–H and O–H groups in total. The quantitative estimate of drug-likeness (QED) is 0.845. The second-order valence-corrected chi connectivity index (χ2v) is 6.40. The van der Waals surface area contributed by atoms with Crippen molar-refractivity contribution in [2.24, 2.45) is 0 Å². The van der Waals surface area contributed by atoms with Gasteiger partial charge in [-0.3, -0.25) is 0 Å². The van der Waals surface area contributed by atoms with Gasteiger partial charge in [0, 0.05) is 0 Å². The molecule has 9 heteroatoms. The first-order valence-electron chi connectivity index (χ1n) is 6.34. The SMILES string of the molecule is COc1ccc(S(=O)(=O)NCc2nnnn2C(C)C)cc1. The van der Waals surface area contributed by atoms with Crippen LogP contribution in [-0.4, -0.2) is 35.7 Å². The molecule has 1 aromatic carbocycles. The molecule has 0 saturated carbocycles. The van der Waals surface area contributed by atoms with E-state index in [1.54, 1.807) is 16.8 Å². The van der Waals surface area contributed by atoms with E-state index < -0.39 is 10.0 Å². The van der Waals surface area contributed by atoms with Gasteiger partial charge in [0.1, 0.15) is 5.75 Å². The van der Waals surface area contributed by atoms with Crippen molar-refractivity contribution < 1.29 is 13.2 Å². The number of sulfonamides is 1. The van der Waals surface area contributed by atoms with Crippen LogP contribution in [0.4, 0.5) is 0 Å². The van der Waals surface area contributed by atoms with E-state index in [-0.39, 0.29) is 17.5 Å². The highest BCUT2D eigenvalue weighted by Crippen LogP contribution is 2.15. The second-order valence-electron chi connectivity index (χ2n) is 4.63. The van der Waals surface area contributed by atoms with Crippen LogP contribution in [0.3, 0.4) is 0 Å². The van der Waals surface area contributed by atoms with Crippen molar-refractivity contribution in [2.45, 2.75) is 31.3 Å². The third-order valence-corrected chi connectivity index (χ3v) is 4.26. The Morgan fingerprint density at radius 3 is 2.52 bits per heavy atom. The van der Waals surface area contributed by atoms with Gasteiger partial charge in [-0.15, -0.1) is 5.10 Å². The molecule has 114 valence electrons. The third-order valence-electron chi connectivity index (χ3n) is 2.84. The molecule has 2 rings (SSSR count). The highest BCUT2D eigenvalue weighted by molar-refractivity contribution is 7.89. The molecule has 0 saturated heterocycles. The minimum atomic E-state index is -3.62. The maximum absolute atomic E-state index is 12.2. The van der Waals surface area contributed by atoms with Crippen LogP contribution >= 0.6 is 0 Å². The number of hydrogen-bond donors (Lipinski definition) is 1. The van der Waals surface area contributed by atoms with Crippen LogP contribution in [0.25, 0.3) is 0 Å². The lowest BCUT2D eigenvalue weighted by molar-refractivity contribution is 0.414. The highest BCUT2D eigenvalue weighted by atomic mass is 32.2. The van der Waals surface area contributed by atoms with Crippen LogP contribution in [0.2, 0.25) is 0 Å². The van der Waals surface area contributed by atoms with E-state index in [9.17, 15) is 8.42 Å². The number of aromatic nitrogens is 4. The number of methoxy groups -OCH3 is 1. The predicted octanol–water partition coefficient (Wildman–Crippen LogP) is 0.741. The number of benzene rings is 1. The Hall–Kier alpha value is -2.00. The van der Waals surface area contributed by atoms with E-state index >= 15 is 0 Å². The molecule has 0 unspecified atom stereocenters. The second kappa shape index (κ2) is 6.19. The topological polar surface area (TPSA) is 99.0 Å². The lowest BCUT2D eigenvalue weighted by atomic mass is 10.3. The normalized spacial score (nSPS) is 11.8. The maximum Gasteiger partial charge on any atom is 0.240 e. The number of tetrazole rings is 1. The minimum absolute atomic E-state index is 0.0273. The van der Waals surface area contributed by atoms with E-state index in [4.69, 9.17) is 4.74 Å². The summed E-state index contributed by atoms with van der Waals surface area (Å²) >= 11 is 0. The summed E-state index contributed by atoms with van der Waals surface area (Å²) in [4.78, 5) is 0.159. The molecule has 0 aliphatic carbocycles. The highest BCUT2D eigenvalue weighted by Gasteiger charge is 2.16. The van der Waals surface area contributed by atoms with Crippen LogP contribution in [0.15, 0.2) is 29.2 Å². The van der Waals surface area contributed by atoms with Crippen molar-refractivity contribution in [1.29, 1.82) is 0 Å². The molecule has 0 radical (unpaired) electrons. The Morgan fingerprint density at radius 2 is 1.95 bits per heavy atom. The maximum atomic E-state index is 12.2. The van der Waals surface area contributed by atoms with Gasteiger partial charge in [-0.2, -0.15) is 0 Å². The smallest absolute Gasteiger partial charge is 0.240 e. The monoisotopic (exact) mass is 311 g/mol. The summed E-state index contributed by atoms with van der Waals surface area (Å²) in [6.45, 7) is 3.86. The molecule has 0 bridgehead atoms. The molecule has 8 nitrogen and oxygen atoms in total. The van der Waals surface area contributed by atoms with Crippen molar-refractivity contribution in [3.05, 3.63) is 30.1 Å². The van der Waals surface area contributed by atoms with Crippen molar-refractivity contribution in [3.63, 3.8) is 0 Å². The Balaban J connectivity index is 2.12.